The predicted octanol–water partition coefficient (Wildman–Crippen LogP) is 7.14. The maximum absolute atomic E-state index is 14.4. The van der Waals surface area contributed by atoms with Crippen LogP contribution in [0.15, 0.2) is 46.3 Å². The Labute approximate surface area is 282 Å². The van der Waals surface area contributed by atoms with E-state index in [4.69, 9.17) is 21.3 Å². The fourth-order valence-electron chi connectivity index (χ4n) is 6.49. The lowest BCUT2D eigenvalue weighted by atomic mass is 9.72. The highest BCUT2D eigenvalue weighted by atomic mass is 35.5. The van der Waals surface area contributed by atoms with Gasteiger partial charge in [-0.15, -0.1) is 11.3 Å². The third-order valence-electron chi connectivity index (χ3n) is 9.43. The van der Waals surface area contributed by atoms with Crippen molar-refractivity contribution in [2.24, 2.45) is 11.3 Å². The Morgan fingerprint density at radius 3 is 2.63 bits per heavy atom. The van der Waals surface area contributed by atoms with Gasteiger partial charge in [-0.3, -0.25) is 19.1 Å². The van der Waals surface area contributed by atoms with Crippen molar-refractivity contribution in [3.8, 4) is 11.4 Å². The molecule has 4 aromatic rings. The Hall–Kier alpha value is -2.92. The third kappa shape index (κ3) is 6.59. The van der Waals surface area contributed by atoms with Crippen molar-refractivity contribution in [3.05, 3.63) is 79.2 Å². The lowest BCUT2D eigenvalue weighted by molar-refractivity contribution is -0.130. The van der Waals surface area contributed by atoms with Crippen LogP contribution in [0.5, 0.6) is 5.75 Å². The van der Waals surface area contributed by atoms with Crippen molar-refractivity contribution >= 4 is 50.8 Å². The number of piperazine rings is 1. The molecular weight excluding hydrogens is 643 g/mol. The number of thiophene rings is 1. The summed E-state index contributed by atoms with van der Waals surface area (Å²) in [5, 5.41) is 1.62. The van der Waals surface area contributed by atoms with Gasteiger partial charge in [-0.1, -0.05) is 56.3 Å². The third-order valence-corrected chi connectivity index (χ3v) is 11.9. The van der Waals surface area contributed by atoms with Crippen molar-refractivity contribution in [3.63, 3.8) is 0 Å². The summed E-state index contributed by atoms with van der Waals surface area (Å²) in [6, 6.07) is 10.4. The molecule has 1 saturated heterocycles. The lowest BCUT2D eigenvalue weighted by Crippen LogP contribution is -2.49. The van der Waals surface area contributed by atoms with Crippen LogP contribution in [0, 0.1) is 24.1 Å². The van der Waals surface area contributed by atoms with E-state index in [2.05, 4.69) is 25.7 Å². The molecule has 1 fully saturated rings. The first-order valence-corrected chi connectivity index (χ1v) is 17.9. The minimum absolute atomic E-state index is 0.0182. The summed E-state index contributed by atoms with van der Waals surface area (Å²) in [7, 11) is 1.61. The van der Waals surface area contributed by atoms with Gasteiger partial charge in [0.25, 0.3) is 5.56 Å². The zero-order valence-electron chi connectivity index (χ0n) is 27.0. The molecule has 2 aromatic heterocycles. The monoisotopic (exact) mass is 682 g/mol. The number of rotatable bonds is 7. The molecule has 244 valence electrons. The topological polar surface area (TPSA) is 67.7 Å². The van der Waals surface area contributed by atoms with Crippen molar-refractivity contribution in [2.45, 2.75) is 58.7 Å². The largest absolute Gasteiger partial charge is 0.497 e. The summed E-state index contributed by atoms with van der Waals surface area (Å²) in [4.78, 5) is 38.9. The highest BCUT2D eigenvalue weighted by molar-refractivity contribution is 7.99. The number of amides is 1. The smallest absolute Gasteiger partial charge is 0.267 e. The Balaban J connectivity index is 1.26. The number of methoxy groups -OCH3 is 1. The maximum Gasteiger partial charge on any atom is 0.267 e. The number of hydrogen-bond acceptors (Lipinski definition) is 7. The van der Waals surface area contributed by atoms with Gasteiger partial charge in [-0.05, 0) is 66.8 Å². The number of carbonyl (C=O) groups is 1. The van der Waals surface area contributed by atoms with Crippen molar-refractivity contribution in [2.75, 3.05) is 39.0 Å². The summed E-state index contributed by atoms with van der Waals surface area (Å²) < 4.78 is 21.5. The van der Waals surface area contributed by atoms with E-state index >= 15 is 0 Å². The second-order valence-corrected chi connectivity index (χ2v) is 15.8. The van der Waals surface area contributed by atoms with E-state index in [1.54, 1.807) is 35.1 Å². The number of nitrogens with zero attached hydrogens (tertiary/aromatic N) is 4. The number of aryl methyl sites for hydroxylation is 2. The molecular formula is C35H40ClFN4O3S2. The molecule has 7 nitrogen and oxygen atoms in total. The van der Waals surface area contributed by atoms with Gasteiger partial charge in [0, 0.05) is 54.3 Å². The number of fused-ring (bicyclic) bond motifs is 3. The summed E-state index contributed by atoms with van der Waals surface area (Å²) in [5.41, 5.74) is 3.34. The van der Waals surface area contributed by atoms with E-state index in [9.17, 15) is 14.0 Å². The van der Waals surface area contributed by atoms with Crippen molar-refractivity contribution in [1.29, 1.82) is 0 Å². The van der Waals surface area contributed by atoms with E-state index in [1.807, 2.05) is 30.0 Å². The van der Waals surface area contributed by atoms with Crippen LogP contribution in [0.2, 0.25) is 5.02 Å². The molecule has 1 aliphatic heterocycles. The van der Waals surface area contributed by atoms with Crippen LogP contribution in [0.1, 0.15) is 48.8 Å². The molecule has 3 heterocycles. The number of thioether (sulfide) groups is 1. The fraction of sp³-hybridized carbons (Fsp3) is 0.457. The summed E-state index contributed by atoms with van der Waals surface area (Å²) >= 11 is 9.17. The van der Waals surface area contributed by atoms with E-state index in [0.29, 0.717) is 71.2 Å². The quantitative estimate of drug-likeness (QED) is 0.153. The number of hydrogen-bond donors (Lipinski definition) is 0. The fourth-order valence-corrected chi connectivity index (χ4v) is 8.96. The minimum atomic E-state index is -0.315. The zero-order valence-corrected chi connectivity index (χ0v) is 29.4. The molecule has 0 saturated carbocycles. The Kier molecular flexibility index (Phi) is 9.54. The van der Waals surface area contributed by atoms with Gasteiger partial charge in [0.1, 0.15) is 16.4 Å². The van der Waals surface area contributed by atoms with Gasteiger partial charge >= 0.3 is 0 Å². The predicted molar refractivity (Wildman–Crippen MR) is 185 cm³/mol. The van der Waals surface area contributed by atoms with Gasteiger partial charge in [0.05, 0.1) is 23.9 Å². The van der Waals surface area contributed by atoms with Crippen LogP contribution in [0.3, 0.4) is 0 Å². The first-order chi connectivity index (χ1) is 21.9. The van der Waals surface area contributed by atoms with Gasteiger partial charge in [-0.2, -0.15) is 0 Å². The number of halogens is 2. The maximum atomic E-state index is 14.4. The van der Waals surface area contributed by atoms with Crippen LogP contribution in [-0.2, 0) is 24.2 Å². The number of benzene rings is 2. The Bertz CT molecular complexity index is 1820. The summed E-state index contributed by atoms with van der Waals surface area (Å²) in [6.45, 7) is 11.5. The number of carbonyl (C=O) groups excluding carboxylic acids is 1. The Morgan fingerprint density at radius 2 is 1.93 bits per heavy atom. The van der Waals surface area contributed by atoms with Gasteiger partial charge in [0.2, 0.25) is 5.91 Å². The average Bonchev–Trinajstić information content (AvgIpc) is 3.40. The molecule has 11 heteroatoms. The number of ether oxygens (including phenoxy) is 1. The van der Waals surface area contributed by atoms with E-state index in [-0.39, 0.29) is 28.5 Å². The highest BCUT2D eigenvalue weighted by Gasteiger charge is 2.33. The van der Waals surface area contributed by atoms with Crippen molar-refractivity contribution in [1.82, 2.24) is 19.4 Å². The summed E-state index contributed by atoms with van der Waals surface area (Å²) in [6.07, 6.45) is 2.87. The van der Waals surface area contributed by atoms with E-state index in [1.165, 1.54) is 22.7 Å². The SMILES string of the molecule is COc1ccc(C)c(-n2c(SCC(=O)N3CCN(Cc4c(F)cccc4Cl)CC3)nc3sc4c(c3c2=O)CCC(C(C)(C)C)C4)c1. The van der Waals surface area contributed by atoms with Crippen molar-refractivity contribution < 1.29 is 13.9 Å². The molecule has 0 spiro atoms. The summed E-state index contributed by atoms with van der Waals surface area (Å²) in [5.74, 6) is 1.01. The first-order valence-electron chi connectivity index (χ1n) is 15.7. The average molecular weight is 683 g/mol. The molecule has 6 rings (SSSR count). The molecule has 0 N–H and O–H groups in total. The molecule has 1 unspecified atom stereocenters. The molecule has 2 aromatic carbocycles. The zero-order chi connectivity index (χ0) is 32.7. The van der Waals surface area contributed by atoms with Gasteiger partial charge in [0.15, 0.2) is 5.16 Å². The molecule has 1 amide bonds. The van der Waals surface area contributed by atoms with Gasteiger partial charge < -0.3 is 9.64 Å². The van der Waals surface area contributed by atoms with E-state index < -0.39 is 0 Å². The molecule has 0 bridgehead atoms. The molecule has 46 heavy (non-hydrogen) atoms. The van der Waals surface area contributed by atoms with Gasteiger partial charge in [-0.25, -0.2) is 9.37 Å². The van der Waals surface area contributed by atoms with Crippen LogP contribution in [0.4, 0.5) is 4.39 Å². The second kappa shape index (κ2) is 13.3. The number of aromatic nitrogens is 2. The molecule has 0 radical (unpaired) electrons. The molecule has 1 atom stereocenters. The Morgan fingerprint density at radius 1 is 1.17 bits per heavy atom. The minimum Gasteiger partial charge on any atom is -0.497 e. The van der Waals surface area contributed by atoms with Crippen LogP contribution < -0.4 is 10.3 Å². The molecule has 1 aliphatic carbocycles. The normalized spacial score (nSPS) is 17.4. The van der Waals surface area contributed by atoms with Crippen LogP contribution in [0.25, 0.3) is 15.9 Å². The second-order valence-electron chi connectivity index (χ2n) is 13.3. The van der Waals surface area contributed by atoms with Crippen LogP contribution >= 0.6 is 34.7 Å². The first kappa shape index (κ1) is 33.0. The van der Waals surface area contributed by atoms with Crippen LogP contribution in [-0.4, -0.2) is 64.3 Å². The lowest BCUT2D eigenvalue weighted by Gasteiger charge is -2.35. The standard InChI is InChI=1S/C35H40ClFN4O3S2/c1-21-9-11-23(44-5)18-28(21)41-33(43)31-24-12-10-22(35(2,3)4)17-29(24)46-32(31)38-34(41)45-20-30(42)40-15-13-39(14-16-40)19-25-26(36)7-6-8-27(25)37/h6-9,11,18,22H,10,12-17,19-20H2,1-5H3. The van der Waals surface area contributed by atoms with E-state index in [0.717, 1.165) is 35.2 Å². The highest BCUT2D eigenvalue weighted by Crippen LogP contribution is 2.42. The molecule has 2 aliphatic rings.